The highest BCUT2D eigenvalue weighted by molar-refractivity contribution is 5.85. The number of carboxylic acid groups (broad SMARTS) is 1. The number of carboxylic acids is 1. The predicted molar refractivity (Wildman–Crippen MR) is 225 cm³/mol. The van der Waals surface area contributed by atoms with E-state index in [1.54, 1.807) is 20.8 Å². The molecule has 0 aromatic carbocycles. The largest absolute Gasteiger partial charge is 0.480 e. The van der Waals surface area contributed by atoms with Crippen LogP contribution in [-0.4, -0.2) is 129 Å². The van der Waals surface area contributed by atoms with Gasteiger partial charge in [-0.25, -0.2) is 9.59 Å². The number of ether oxygens (including phenoxy) is 6. The molecule has 0 fully saturated rings. The second-order valence-electron chi connectivity index (χ2n) is 16.8. The molecule has 0 saturated carbocycles. The first-order valence-electron chi connectivity index (χ1n) is 21.9. The monoisotopic (exact) mass is 848 g/mol. The third-order valence-corrected chi connectivity index (χ3v) is 8.62. The molecule has 0 aromatic heterocycles. The van der Waals surface area contributed by atoms with Gasteiger partial charge in [0.25, 0.3) is 0 Å². The Morgan fingerprint density at radius 2 is 0.966 bits per heavy atom. The van der Waals surface area contributed by atoms with Crippen LogP contribution in [-0.2, 0) is 52.4 Å². The maximum absolute atomic E-state index is 12.9. The van der Waals surface area contributed by atoms with Gasteiger partial charge in [0, 0.05) is 25.9 Å². The van der Waals surface area contributed by atoms with Crippen molar-refractivity contribution >= 4 is 29.7 Å². The van der Waals surface area contributed by atoms with Gasteiger partial charge in [-0.05, 0) is 67.2 Å². The van der Waals surface area contributed by atoms with Gasteiger partial charge < -0.3 is 54.6 Å². The van der Waals surface area contributed by atoms with Crippen molar-refractivity contribution in [2.75, 3.05) is 65.9 Å². The molecule has 0 aliphatic rings. The first kappa shape index (κ1) is 56.1. The molecule has 0 bridgehead atoms. The topological polar surface area (TPSA) is 217 Å². The van der Waals surface area contributed by atoms with Gasteiger partial charge in [0.15, 0.2) is 6.29 Å². The van der Waals surface area contributed by atoms with Crippen molar-refractivity contribution < 1.29 is 62.6 Å². The molecule has 0 aromatic rings. The molecule has 16 nitrogen and oxygen atoms in total. The molecule has 0 aliphatic carbocycles. The second-order valence-corrected chi connectivity index (χ2v) is 16.8. The number of hydrogen-bond acceptors (Lipinski definition) is 12. The maximum Gasteiger partial charge on any atom is 0.329 e. The predicted octanol–water partition coefficient (Wildman–Crippen LogP) is 5.35. The molecule has 0 saturated heterocycles. The summed E-state index contributed by atoms with van der Waals surface area (Å²) in [5.41, 5.74) is -1.05. The number of unbranched alkanes of at least 4 members (excludes halogenated alkanes) is 13. The van der Waals surface area contributed by atoms with E-state index in [0.717, 1.165) is 38.5 Å². The number of amides is 3. The van der Waals surface area contributed by atoms with Crippen LogP contribution in [0.2, 0.25) is 0 Å². The van der Waals surface area contributed by atoms with E-state index in [1.165, 1.54) is 51.4 Å². The third-order valence-electron chi connectivity index (χ3n) is 8.62. The molecule has 0 radical (unpaired) electrons. The number of carbonyl (C=O) groups is 5. The molecule has 346 valence electrons. The van der Waals surface area contributed by atoms with Gasteiger partial charge in [-0.3, -0.25) is 14.4 Å². The zero-order valence-corrected chi connectivity index (χ0v) is 37.3. The summed E-state index contributed by atoms with van der Waals surface area (Å²) in [5, 5.41) is 26.5. The summed E-state index contributed by atoms with van der Waals surface area (Å²) >= 11 is 0. The Morgan fingerprint density at radius 3 is 1.46 bits per heavy atom. The van der Waals surface area contributed by atoms with Crippen molar-refractivity contribution in [3.05, 3.63) is 0 Å². The number of aliphatic hydroxyl groups is 1. The number of carbonyl (C=O) groups excluding carboxylic acids is 4. The highest BCUT2D eigenvalue weighted by atomic mass is 16.6. The summed E-state index contributed by atoms with van der Waals surface area (Å²) in [6, 6.07) is -0.928. The minimum atomic E-state index is -1.05. The van der Waals surface area contributed by atoms with Crippen LogP contribution in [0.5, 0.6) is 0 Å². The zero-order valence-electron chi connectivity index (χ0n) is 37.3. The zero-order chi connectivity index (χ0) is 44.2. The molecule has 16 heteroatoms. The molecule has 0 unspecified atom stereocenters. The number of esters is 1. The van der Waals surface area contributed by atoms with Crippen molar-refractivity contribution in [2.24, 2.45) is 0 Å². The third kappa shape index (κ3) is 41.6. The smallest absolute Gasteiger partial charge is 0.329 e. The van der Waals surface area contributed by atoms with E-state index in [1.807, 2.05) is 20.8 Å². The Morgan fingerprint density at radius 1 is 0.508 bits per heavy atom. The molecule has 0 heterocycles. The summed E-state index contributed by atoms with van der Waals surface area (Å²) in [6.07, 6.45) is 16.5. The number of aliphatic carboxylic acids is 1. The van der Waals surface area contributed by atoms with Crippen LogP contribution in [0.25, 0.3) is 0 Å². The van der Waals surface area contributed by atoms with E-state index in [2.05, 4.69) is 16.0 Å². The lowest BCUT2D eigenvalue weighted by molar-refractivity contribution is -0.168. The molecule has 59 heavy (non-hydrogen) atoms. The Bertz CT molecular complexity index is 1110. The minimum Gasteiger partial charge on any atom is -0.480 e. The van der Waals surface area contributed by atoms with Crippen molar-refractivity contribution in [3.63, 3.8) is 0 Å². The summed E-state index contributed by atoms with van der Waals surface area (Å²) in [6.45, 7) is 12.4. The molecule has 3 amide bonds. The summed E-state index contributed by atoms with van der Waals surface area (Å²) in [4.78, 5) is 60.2. The molecule has 0 rings (SSSR count). The Labute approximate surface area is 354 Å². The second kappa shape index (κ2) is 35.8. The first-order valence-corrected chi connectivity index (χ1v) is 21.9. The average molecular weight is 848 g/mol. The van der Waals surface area contributed by atoms with Gasteiger partial charge in [-0.1, -0.05) is 77.0 Å². The summed E-state index contributed by atoms with van der Waals surface area (Å²) in [7, 11) is 0. The number of rotatable bonds is 39. The summed E-state index contributed by atoms with van der Waals surface area (Å²) in [5.74, 6) is -2.45. The quantitative estimate of drug-likeness (QED) is 0.0300. The van der Waals surface area contributed by atoms with E-state index < -0.39 is 29.9 Å². The van der Waals surface area contributed by atoms with Gasteiger partial charge in [0.05, 0.1) is 45.2 Å². The van der Waals surface area contributed by atoms with Crippen LogP contribution < -0.4 is 16.0 Å². The highest BCUT2D eigenvalue weighted by Crippen LogP contribution is 2.17. The molecule has 5 N–H and O–H groups in total. The van der Waals surface area contributed by atoms with E-state index in [-0.39, 0.29) is 102 Å². The molecular formula is C43H81N3O13. The molecular weight excluding hydrogens is 766 g/mol. The number of hydrogen-bond donors (Lipinski definition) is 5. The average Bonchev–Trinajstić information content (AvgIpc) is 3.13. The van der Waals surface area contributed by atoms with Crippen LogP contribution in [0, 0.1) is 0 Å². The Balaban J connectivity index is 4.00. The fourth-order valence-electron chi connectivity index (χ4n) is 5.79. The first-order chi connectivity index (χ1) is 28.0. The maximum atomic E-state index is 12.9. The molecule has 0 aliphatic heterocycles. The van der Waals surface area contributed by atoms with E-state index in [9.17, 15) is 29.1 Å². The normalized spacial score (nSPS) is 12.8. The van der Waals surface area contributed by atoms with Crippen LogP contribution in [0.1, 0.15) is 157 Å². The lowest BCUT2D eigenvalue weighted by Crippen LogP contribution is -2.44. The van der Waals surface area contributed by atoms with Crippen molar-refractivity contribution in [1.29, 1.82) is 0 Å². The fraction of sp³-hybridized carbons (Fsp3) is 0.884. The van der Waals surface area contributed by atoms with Crippen molar-refractivity contribution in [1.82, 2.24) is 16.0 Å². The van der Waals surface area contributed by atoms with Gasteiger partial charge in [-0.2, -0.15) is 0 Å². The standard InChI is InChI=1S/C43H81N3O13/c1-42(2,3)58-40(52)22-20-18-16-14-12-10-8-7-9-11-13-15-17-19-21-37(48)46-35(41(53)59-43(4,5)6)23-24-36(47)44-25-27-54-29-31-56-33-38(49)45-26-28-55-30-32-57-34-39(50)51/h35,40,52H,7-34H2,1-6H3,(H,44,47)(H,45,49)(H,46,48)(H,50,51)/t35-,40-/m0/s1. The molecule has 0 spiro atoms. The SMILES string of the molecule is CC(C)(C)OC(=O)[C@H](CCC(=O)NCCOCCOCC(=O)NCCOCCOCC(=O)O)NC(=O)CCCCCCCCCCCCCCCC[C@@H](O)OC(C)(C)C. The van der Waals surface area contributed by atoms with Crippen LogP contribution in [0.15, 0.2) is 0 Å². The van der Waals surface area contributed by atoms with Gasteiger partial charge in [0.2, 0.25) is 17.7 Å². The van der Waals surface area contributed by atoms with Crippen molar-refractivity contribution in [3.8, 4) is 0 Å². The van der Waals surface area contributed by atoms with Crippen molar-refractivity contribution in [2.45, 2.75) is 181 Å². The van der Waals surface area contributed by atoms with Crippen LogP contribution in [0.4, 0.5) is 0 Å². The minimum absolute atomic E-state index is 0.0198. The highest BCUT2D eigenvalue weighted by Gasteiger charge is 2.27. The Hall–Kier alpha value is -2.89. The van der Waals surface area contributed by atoms with E-state index in [0.29, 0.717) is 12.8 Å². The lowest BCUT2D eigenvalue weighted by Gasteiger charge is -2.24. The fourth-order valence-corrected chi connectivity index (χ4v) is 5.79. The van der Waals surface area contributed by atoms with Crippen LogP contribution in [0.3, 0.4) is 0 Å². The van der Waals surface area contributed by atoms with Crippen LogP contribution >= 0.6 is 0 Å². The van der Waals surface area contributed by atoms with E-state index >= 15 is 0 Å². The van der Waals surface area contributed by atoms with Gasteiger partial charge in [0.1, 0.15) is 24.9 Å². The summed E-state index contributed by atoms with van der Waals surface area (Å²) < 4.78 is 31.8. The number of nitrogens with one attached hydrogen (secondary N) is 3. The van der Waals surface area contributed by atoms with Gasteiger partial charge >= 0.3 is 11.9 Å². The molecule has 2 atom stereocenters. The van der Waals surface area contributed by atoms with Gasteiger partial charge in [-0.15, -0.1) is 0 Å². The number of aliphatic hydroxyl groups excluding tert-OH is 1. The Kier molecular flexibility index (Phi) is 34.1. The lowest BCUT2D eigenvalue weighted by atomic mass is 10.0. The van der Waals surface area contributed by atoms with E-state index in [4.69, 9.17) is 33.5 Å².